The number of aryl methyl sites for hydroxylation is 1. The van der Waals surface area contributed by atoms with E-state index in [0.717, 1.165) is 43.2 Å². The molecule has 3 atom stereocenters. The van der Waals surface area contributed by atoms with Gasteiger partial charge in [0.15, 0.2) is 14.6 Å². The fraction of sp³-hybridized carbons (Fsp3) is 0.759. The van der Waals surface area contributed by atoms with Crippen LogP contribution in [0.25, 0.3) is 6.08 Å². The van der Waals surface area contributed by atoms with Gasteiger partial charge in [0.1, 0.15) is 0 Å². The molecule has 1 aromatic heterocycles. The topological polar surface area (TPSA) is 40.6 Å². The molecule has 1 aliphatic heterocycles. The Bertz CT molecular complexity index is 818. The third-order valence-corrected chi connectivity index (χ3v) is 12.7. The maximum atomic E-state index is 6.90. The number of nitrogens with zero attached hydrogens (tertiary/aromatic N) is 1. The maximum Gasteiger partial charge on any atom is 0.192 e. The Morgan fingerprint density at radius 3 is 2.63 bits per heavy atom. The molecule has 2 heterocycles. The van der Waals surface area contributed by atoms with Crippen LogP contribution in [0.15, 0.2) is 22.6 Å². The van der Waals surface area contributed by atoms with Crippen LogP contribution in [-0.4, -0.2) is 38.9 Å². The molecule has 1 fully saturated rings. The molecule has 0 saturated carbocycles. The molecule has 6 heteroatoms. The van der Waals surface area contributed by atoms with Crippen molar-refractivity contribution in [3.05, 3.63) is 33.3 Å². The zero-order valence-electron chi connectivity index (χ0n) is 23.9. The van der Waals surface area contributed by atoms with Crippen molar-refractivity contribution in [2.45, 2.75) is 124 Å². The second-order valence-electron chi connectivity index (χ2n) is 12.0. The lowest BCUT2D eigenvalue weighted by atomic mass is 10.0. The number of ether oxygens (including phenoxy) is 2. The lowest BCUT2D eigenvalue weighted by molar-refractivity contribution is -0.168. The van der Waals surface area contributed by atoms with E-state index in [0.29, 0.717) is 5.92 Å². The first-order valence-corrected chi connectivity index (χ1v) is 17.3. The van der Waals surface area contributed by atoms with Gasteiger partial charge < -0.3 is 13.9 Å². The van der Waals surface area contributed by atoms with Gasteiger partial charge in [-0.15, -0.1) is 11.3 Å². The van der Waals surface area contributed by atoms with E-state index in [1.807, 2.05) is 0 Å². The van der Waals surface area contributed by atoms with Crippen LogP contribution < -0.4 is 0 Å². The molecular weight excluding hydrogens is 470 g/mol. The van der Waals surface area contributed by atoms with E-state index in [9.17, 15) is 0 Å². The molecule has 0 N–H and O–H groups in total. The van der Waals surface area contributed by atoms with E-state index >= 15 is 0 Å². The molecule has 1 saturated heterocycles. The van der Waals surface area contributed by atoms with Crippen molar-refractivity contribution in [1.82, 2.24) is 4.98 Å². The zero-order chi connectivity index (χ0) is 26.1. The average molecular weight is 522 g/mol. The summed E-state index contributed by atoms with van der Waals surface area (Å²) in [4.78, 5) is 4.64. The molecule has 0 bridgehead atoms. The number of rotatable bonds is 13. The van der Waals surface area contributed by atoms with Crippen LogP contribution >= 0.6 is 11.3 Å². The molecule has 1 aliphatic rings. The first kappa shape index (κ1) is 30.4. The van der Waals surface area contributed by atoms with E-state index in [1.54, 1.807) is 11.3 Å². The fourth-order valence-corrected chi connectivity index (χ4v) is 5.89. The quantitative estimate of drug-likeness (QED) is 0.192. The molecule has 0 amide bonds. The molecule has 1 unspecified atom stereocenters. The monoisotopic (exact) mass is 521 g/mol. The van der Waals surface area contributed by atoms with Crippen molar-refractivity contribution >= 4 is 25.7 Å². The second-order valence-corrected chi connectivity index (χ2v) is 17.8. The van der Waals surface area contributed by atoms with Gasteiger partial charge >= 0.3 is 0 Å². The number of hydrogen-bond donors (Lipinski definition) is 0. The summed E-state index contributed by atoms with van der Waals surface area (Å²) in [6, 6.07) is 0. The standard InChI is InChI=1S/C29H51NO3SSi/c1-22(13-12-14-23(2)20-32-28-15-10-11-18-31-28)16-17-27(33-35(8,9)29(5,6)7)24(3)19-26-21-34-25(4)30-26/h16,19,21,23,27-28H,10-15,17-18,20H2,1-9H3/b22-16?,24-19+/t23-,27-,28?/m0/s1. The number of allylic oxidation sites excluding steroid dienone is 1. The highest BCUT2D eigenvalue weighted by Crippen LogP contribution is 2.38. The first-order chi connectivity index (χ1) is 16.4. The summed E-state index contributed by atoms with van der Waals surface area (Å²) in [6.07, 6.45) is 12.6. The normalized spacial score (nSPS) is 20.2. The third-order valence-electron chi connectivity index (χ3n) is 7.42. The van der Waals surface area contributed by atoms with E-state index < -0.39 is 8.32 Å². The molecule has 0 aromatic carbocycles. The molecule has 35 heavy (non-hydrogen) atoms. The van der Waals surface area contributed by atoms with E-state index in [1.165, 1.54) is 36.8 Å². The molecule has 2 rings (SSSR count). The smallest absolute Gasteiger partial charge is 0.192 e. The Hall–Kier alpha value is -0.793. The SMILES string of the molecule is CC(=CC[C@H](O[Si](C)(C)C(C)(C)C)/C(C)=C/c1csc(C)n1)CCC[C@H](C)COC1CCCCO1. The van der Waals surface area contributed by atoms with Crippen LogP contribution in [0.5, 0.6) is 0 Å². The van der Waals surface area contributed by atoms with Crippen molar-refractivity contribution in [1.29, 1.82) is 0 Å². The summed E-state index contributed by atoms with van der Waals surface area (Å²) in [5.41, 5.74) is 3.76. The lowest BCUT2D eigenvalue weighted by Crippen LogP contribution is -2.44. The Morgan fingerprint density at radius 1 is 1.29 bits per heavy atom. The van der Waals surface area contributed by atoms with Crippen molar-refractivity contribution in [2.24, 2.45) is 5.92 Å². The Balaban J connectivity index is 1.91. The van der Waals surface area contributed by atoms with Gasteiger partial charge in [-0.1, -0.05) is 39.3 Å². The molecule has 4 nitrogen and oxygen atoms in total. The van der Waals surface area contributed by atoms with Gasteiger partial charge in [0.25, 0.3) is 0 Å². The average Bonchev–Trinajstić information content (AvgIpc) is 3.19. The number of aromatic nitrogens is 1. The van der Waals surface area contributed by atoms with Gasteiger partial charge in [-0.25, -0.2) is 4.98 Å². The predicted molar refractivity (Wildman–Crippen MR) is 154 cm³/mol. The largest absolute Gasteiger partial charge is 0.410 e. The molecule has 1 aromatic rings. The molecular formula is C29H51NO3SSi. The Kier molecular flexibility index (Phi) is 12.4. The molecule has 0 aliphatic carbocycles. The second kappa shape index (κ2) is 14.2. The van der Waals surface area contributed by atoms with Gasteiger partial charge in [-0.3, -0.25) is 0 Å². The minimum absolute atomic E-state index is 0.0233. The highest BCUT2D eigenvalue weighted by Gasteiger charge is 2.39. The van der Waals surface area contributed by atoms with Gasteiger partial charge in [0.05, 0.1) is 23.4 Å². The highest BCUT2D eigenvalue weighted by molar-refractivity contribution is 7.09. The summed E-state index contributed by atoms with van der Waals surface area (Å²) < 4.78 is 18.6. The van der Waals surface area contributed by atoms with Gasteiger partial charge in [-0.05, 0) is 101 Å². The van der Waals surface area contributed by atoms with Crippen molar-refractivity contribution in [3.63, 3.8) is 0 Å². The van der Waals surface area contributed by atoms with Crippen LogP contribution in [0, 0.1) is 12.8 Å². The predicted octanol–water partition coefficient (Wildman–Crippen LogP) is 8.93. The van der Waals surface area contributed by atoms with Crippen molar-refractivity contribution in [2.75, 3.05) is 13.2 Å². The molecule has 0 radical (unpaired) electrons. The van der Waals surface area contributed by atoms with Crippen molar-refractivity contribution < 1.29 is 13.9 Å². The Morgan fingerprint density at radius 2 is 2.03 bits per heavy atom. The van der Waals surface area contributed by atoms with Crippen LogP contribution in [0.1, 0.15) is 97.2 Å². The summed E-state index contributed by atoms with van der Waals surface area (Å²) >= 11 is 1.70. The Labute approximate surface area is 220 Å². The summed E-state index contributed by atoms with van der Waals surface area (Å²) in [5.74, 6) is 0.565. The van der Waals surface area contributed by atoms with Crippen LogP contribution in [0.4, 0.5) is 0 Å². The fourth-order valence-electron chi connectivity index (χ4n) is 3.97. The molecule has 200 valence electrons. The van der Waals surface area contributed by atoms with Gasteiger partial charge in [-0.2, -0.15) is 0 Å². The van der Waals surface area contributed by atoms with Crippen molar-refractivity contribution in [3.8, 4) is 0 Å². The summed E-state index contributed by atoms with van der Waals surface area (Å²) in [5, 5.41) is 3.42. The van der Waals surface area contributed by atoms with Gasteiger partial charge in [0, 0.05) is 12.0 Å². The summed E-state index contributed by atoms with van der Waals surface area (Å²) in [6.45, 7) is 22.1. The van der Waals surface area contributed by atoms with Crippen LogP contribution in [-0.2, 0) is 13.9 Å². The number of hydrogen-bond acceptors (Lipinski definition) is 5. The third kappa shape index (κ3) is 11.0. The number of thiazole rings is 1. The summed E-state index contributed by atoms with van der Waals surface area (Å²) in [7, 11) is -1.89. The van der Waals surface area contributed by atoms with Crippen LogP contribution in [0.2, 0.25) is 18.1 Å². The minimum atomic E-state index is -1.89. The molecule has 0 spiro atoms. The highest BCUT2D eigenvalue weighted by atomic mass is 32.1. The van der Waals surface area contributed by atoms with Gasteiger partial charge in [0.2, 0.25) is 0 Å². The van der Waals surface area contributed by atoms with E-state index in [4.69, 9.17) is 13.9 Å². The van der Waals surface area contributed by atoms with Crippen LogP contribution in [0.3, 0.4) is 0 Å². The zero-order valence-corrected chi connectivity index (χ0v) is 25.7. The maximum absolute atomic E-state index is 6.90. The minimum Gasteiger partial charge on any atom is -0.410 e. The first-order valence-electron chi connectivity index (χ1n) is 13.5. The van der Waals surface area contributed by atoms with E-state index in [2.05, 4.69) is 84.1 Å². The van der Waals surface area contributed by atoms with E-state index in [-0.39, 0.29) is 17.4 Å². The lowest BCUT2D eigenvalue weighted by Gasteiger charge is -2.39.